The van der Waals surface area contributed by atoms with Crippen LogP contribution in [0.5, 0.6) is 11.5 Å². The first kappa shape index (κ1) is 20.3. The van der Waals surface area contributed by atoms with Gasteiger partial charge in [0.25, 0.3) is 11.5 Å². The summed E-state index contributed by atoms with van der Waals surface area (Å²) in [4.78, 5) is 24.7. The fraction of sp³-hybridized carbons (Fsp3) is 0.286. The number of amides is 1. The first-order valence-corrected chi connectivity index (χ1v) is 9.13. The Kier molecular flexibility index (Phi) is 6.46. The minimum Gasteiger partial charge on any atom is -0.493 e. The minimum absolute atomic E-state index is 0.165. The van der Waals surface area contributed by atoms with Crippen molar-refractivity contribution in [2.24, 2.45) is 0 Å². The van der Waals surface area contributed by atoms with Gasteiger partial charge >= 0.3 is 0 Å². The van der Waals surface area contributed by atoms with Crippen molar-refractivity contribution in [3.8, 4) is 11.5 Å². The molecule has 1 heterocycles. The molecule has 152 valence electrons. The molecule has 2 aromatic carbocycles. The van der Waals surface area contributed by atoms with E-state index in [1.807, 2.05) is 19.1 Å². The van der Waals surface area contributed by atoms with E-state index in [0.29, 0.717) is 35.5 Å². The van der Waals surface area contributed by atoms with Crippen molar-refractivity contribution in [3.63, 3.8) is 0 Å². The van der Waals surface area contributed by atoms with Crippen LogP contribution < -0.4 is 20.3 Å². The third-order valence-electron chi connectivity index (χ3n) is 4.49. The molecule has 0 fully saturated rings. The smallest absolute Gasteiger partial charge is 0.272 e. The van der Waals surface area contributed by atoms with Crippen LogP contribution in [0.1, 0.15) is 29.0 Å². The van der Waals surface area contributed by atoms with Gasteiger partial charge in [0, 0.05) is 12.5 Å². The molecular weight excluding hydrogens is 374 g/mol. The van der Waals surface area contributed by atoms with Crippen LogP contribution >= 0.6 is 0 Å². The van der Waals surface area contributed by atoms with Gasteiger partial charge in [0.05, 0.1) is 25.1 Å². The molecule has 0 spiro atoms. The zero-order valence-electron chi connectivity index (χ0n) is 16.5. The number of rotatable bonds is 8. The molecule has 1 amide bonds. The number of H-pyrrole nitrogens is 1. The number of methoxy groups -OCH3 is 2. The summed E-state index contributed by atoms with van der Waals surface area (Å²) in [6.07, 6.45) is 0. The second-order valence-corrected chi connectivity index (χ2v) is 6.39. The van der Waals surface area contributed by atoms with E-state index in [1.54, 1.807) is 44.6 Å². The molecule has 0 radical (unpaired) electrons. The molecule has 0 aliphatic heterocycles. The van der Waals surface area contributed by atoms with Crippen LogP contribution in [0.3, 0.4) is 0 Å². The monoisotopic (exact) mass is 397 g/mol. The number of nitrogens with one attached hydrogen (secondary N) is 2. The van der Waals surface area contributed by atoms with Gasteiger partial charge in [-0.25, -0.2) is 5.10 Å². The van der Waals surface area contributed by atoms with Gasteiger partial charge in [-0.3, -0.25) is 9.59 Å². The average molecular weight is 397 g/mol. The summed E-state index contributed by atoms with van der Waals surface area (Å²) in [5.41, 5.74) is 0.667. The predicted octanol–water partition coefficient (Wildman–Crippen LogP) is 2.45. The Morgan fingerprint density at radius 2 is 1.86 bits per heavy atom. The Morgan fingerprint density at radius 1 is 1.10 bits per heavy atom. The lowest BCUT2D eigenvalue weighted by Crippen LogP contribution is -2.29. The number of aromatic nitrogens is 2. The van der Waals surface area contributed by atoms with E-state index in [2.05, 4.69) is 15.5 Å². The Morgan fingerprint density at radius 3 is 2.59 bits per heavy atom. The van der Waals surface area contributed by atoms with Crippen LogP contribution in [-0.4, -0.2) is 43.5 Å². The first-order chi connectivity index (χ1) is 14.0. The van der Waals surface area contributed by atoms with Gasteiger partial charge in [-0.05, 0) is 30.7 Å². The second-order valence-electron chi connectivity index (χ2n) is 6.39. The fourth-order valence-electron chi connectivity index (χ4n) is 2.94. The molecule has 1 aromatic heterocycles. The molecule has 0 aliphatic rings. The summed E-state index contributed by atoms with van der Waals surface area (Å²) in [6.45, 7) is 2.73. The lowest BCUT2D eigenvalue weighted by molar-refractivity contribution is 0.0935. The lowest BCUT2D eigenvalue weighted by Gasteiger charge is -2.17. The Balaban J connectivity index is 1.80. The molecular formula is C21H23N3O5. The number of ether oxygens (including phenoxy) is 3. The number of nitrogens with zero attached hydrogens (tertiary/aromatic N) is 1. The lowest BCUT2D eigenvalue weighted by atomic mass is 10.1. The molecule has 0 bridgehead atoms. The normalized spacial score (nSPS) is 11.8. The Hall–Kier alpha value is -3.39. The van der Waals surface area contributed by atoms with Crippen molar-refractivity contribution in [1.82, 2.24) is 15.5 Å². The minimum atomic E-state index is -0.385. The number of carbonyl (C=O) groups is 1. The van der Waals surface area contributed by atoms with Gasteiger partial charge in [-0.1, -0.05) is 24.3 Å². The van der Waals surface area contributed by atoms with E-state index in [-0.39, 0.29) is 23.2 Å². The molecule has 0 aliphatic carbocycles. The molecule has 8 heteroatoms. The average Bonchev–Trinajstić information content (AvgIpc) is 2.74. The number of carbonyl (C=O) groups excluding carboxylic acids is 1. The molecule has 3 rings (SSSR count). The van der Waals surface area contributed by atoms with Crippen LogP contribution in [0.4, 0.5) is 0 Å². The van der Waals surface area contributed by atoms with Gasteiger partial charge in [-0.15, -0.1) is 0 Å². The van der Waals surface area contributed by atoms with E-state index in [0.717, 1.165) is 5.56 Å². The van der Waals surface area contributed by atoms with Crippen LogP contribution in [0.2, 0.25) is 0 Å². The summed E-state index contributed by atoms with van der Waals surface area (Å²) in [5.74, 6) is 0.775. The van der Waals surface area contributed by atoms with E-state index in [9.17, 15) is 9.59 Å². The van der Waals surface area contributed by atoms with E-state index < -0.39 is 0 Å². The largest absolute Gasteiger partial charge is 0.493 e. The van der Waals surface area contributed by atoms with E-state index >= 15 is 0 Å². The summed E-state index contributed by atoms with van der Waals surface area (Å²) >= 11 is 0. The van der Waals surface area contributed by atoms with Crippen molar-refractivity contribution >= 4 is 16.7 Å². The summed E-state index contributed by atoms with van der Waals surface area (Å²) in [6, 6.07) is 12.0. The number of fused-ring (bicyclic) bond motifs is 1. The van der Waals surface area contributed by atoms with Crippen molar-refractivity contribution in [1.29, 1.82) is 0 Å². The summed E-state index contributed by atoms with van der Waals surface area (Å²) < 4.78 is 16.0. The van der Waals surface area contributed by atoms with Crippen molar-refractivity contribution in [3.05, 3.63) is 64.1 Å². The summed E-state index contributed by atoms with van der Waals surface area (Å²) in [5, 5.41) is 10.1. The molecule has 8 nitrogen and oxygen atoms in total. The highest BCUT2D eigenvalue weighted by molar-refractivity contribution is 6.04. The third-order valence-corrected chi connectivity index (χ3v) is 4.49. The molecule has 0 saturated carbocycles. The molecule has 0 saturated heterocycles. The fourth-order valence-corrected chi connectivity index (χ4v) is 2.94. The highest BCUT2D eigenvalue weighted by atomic mass is 16.5. The number of hydrogen-bond acceptors (Lipinski definition) is 6. The standard InChI is InChI=1S/C21H23N3O5/c1-13(14-8-9-17(18(12-14)28-3)29-11-10-27-2)22-21(26)19-15-6-4-5-7-16(15)20(25)24-23-19/h4-9,12-13H,10-11H2,1-3H3,(H,22,26)(H,24,25). The predicted molar refractivity (Wildman–Crippen MR) is 109 cm³/mol. The SMILES string of the molecule is COCCOc1ccc(C(C)NC(=O)c2n[nH]c(=O)c3ccccc23)cc1OC. The zero-order chi connectivity index (χ0) is 20.8. The van der Waals surface area contributed by atoms with Gasteiger partial charge < -0.3 is 19.5 Å². The van der Waals surface area contributed by atoms with Crippen LogP contribution in [0, 0.1) is 0 Å². The maximum Gasteiger partial charge on any atom is 0.272 e. The van der Waals surface area contributed by atoms with Crippen LogP contribution in [0.15, 0.2) is 47.3 Å². The quantitative estimate of drug-likeness (QED) is 0.566. The molecule has 2 N–H and O–H groups in total. The number of aromatic amines is 1. The molecule has 3 aromatic rings. The molecule has 1 unspecified atom stereocenters. The number of hydrogen-bond donors (Lipinski definition) is 2. The van der Waals surface area contributed by atoms with Gasteiger partial charge in [-0.2, -0.15) is 5.10 Å². The van der Waals surface area contributed by atoms with Gasteiger partial charge in [0.15, 0.2) is 17.2 Å². The van der Waals surface area contributed by atoms with Crippen molar-refractivity contribution < 1.29 is 19.0 Å². The topological polar surface area (TPSA) is 103 Å². The van der Waals surface area contributed by atoms with Crippen molar-refractivity contribution in [2.75, 3.05) is 27.4 Å². The zero-order valence-corrected chi connectivity index (χ0v) is 16.5. The third kappa shape index (κ3) is 4.55. The van der Waals surface area contributed by atoms with Crippen molar-refractivity contribution in [2.45, 2.75) is 13.0 Å². The summed E-state index contributed by atoms with van der Waals surface area (Å²) in [7, 11) is 3.16. The molecule has 29 heavy (non-hydrogen) atoms. The van der Waals surface area contributed by atoms with E-state index in [4.69, 9.17) is 14.2 Å². The maximum atomic E-state index is 12.8. The molecule has 1 atom stereocenters. The first-order valence-electron chi connectivity index (χ1n) is 9.13. The highest BCUT2D eigenvalue weighted by Crippen LogP contribution is 2.30. The maximum absolute atomic E-state index is 12.8. The van der Waals surface area contributed by atoms with E-state index in [1.165, 1.54) is 0 Å². The second kappa shape index (κ2) is 9.20. The number of benzene rings is 2. The van der Waals surface area contributed by atoms with Gasteiger partial charge in [0.1, 0.15) is 6.61 Å². The van der Waals surface area contributed by atoms with Crippen LogP contribution in [0.25, 0.3) is 10.8 Å². The van der Waals surface area contributed by atoms with Gasteiger partial charge in [0.2, 0.25) is 0 Å². The highest BCUT2D eigenvalue weighted by Gasteiger charge is 2.18. The van der Waals surface area contributed by atoms with Crippen LogP contribution in [-0.2, 0) is 4.74 Å². The Labute approximate surface area is 167 Å². The Bertz CT molecular complexity index is 1060.